The number of fused-ring (bicyclic) bond motifs is 3. The number of amides is 2. The fraction of sp³-hybridized carbons (Fsp3) is 0.444. The number of hydrogen-bond acceptors (Lipinski definition) is 5. The maximum absolute atomic E-state index is 13.5. The van der Waals surface area contributed by atoms with Crippen molar-refractivity contribution in [2.45, 2.75) is 37.6 Å². The summed E-state index contributed by atoms with van der Waals surface area (Å²) in [4.78, 5) is 39.5. The van der Waals surface area contributed by atoms with Gasteiger partial charge in [-0.25, -0.2) is 4.79 Å². The van der Waals surface area contributed by atoms with E-state index in [0.717, 1.165) is 22.3 Å². The van der Waals surface area contributed by atoms with Gasteiger partial charge < -0.3 is 24.8 Å². The van der Waals surface area contributed by atoms with Crippen LogP contribution >= 0.6 is 0 Å². The van der Waals surface area contributed by atoms with E-state index in [2.05, 4.69) is 17.4 Å². The Hall–Kier alpha value is -3.39. The van der Waals surface area contributed by atoms with E-state index in [1.807, 2.05) is 36.4 Å². The number of piperidine rings is 1. The molecule has 2 N–H and O–H groups in total. The average molecular weight is 481 g/mol. The van der Waals surface area contributed by atoms with Gasteiger partial charge in [0, 0.05) is 26.1 Å². The summed E-state index contributed by atoms with van der Waals surface area (Å²) >= 11 is 0. The molecule has 8 nitrogen and oxygen atoms in total. The third-order valence-electron chi connectivity index (χ3n) is 7.15. The third kappa shape index (κ3) is 4.89. The molecular weight excluding hydrogens is 448 g/mol. The first-order valence-corrected chi connectivity index (χ1v) is 12.0. The Morgan fingerprint density at radius 1 is 1.09 bits per heavy atom. The number of nitrogens with one attached hydrogen (secondary N) is 1. The highest BCUT2D eigenvalue weighted by Gasteiger charge is 2.44. The number of rotatable bonds is 8. The van der Waals surface area contributed by atoms with E-state index in [4.69, 9.17) is 9.47 Å². The van der Waals surface area contributed by atoms with E-state index in [1.165, 1.54) is 12.0 Å². The zero-order valence-corrected chi connectivity index (χ0v) is 20.2. The normalized spacial score (nSPS) is 18.8. The van der Waals surface area contributed by atoms with Gasteiger partial charge in [0.05, 0.1) is 12.5 Å². The zero-order chi connectivity index (χ0) is 25.0. The lowest BCUT2D eigenvalue weighted by molar-refractivity contribution is -0.149. The predicted octanol–water partition coefficient (Wildman–Crippen LogP) is 3.64. The summed E-state index contributed by atoms with van der Waals surface area (Å²) in [6.45, 7) is 2.44. The minimum atomic E-state index is -1.34. The van der Waals surface area contributed by atoms with Crippen LogP contribution in [0.3, 0.4) is 0 Å². The fourth-order valence-corrected chi connectivity index (χ4v) is 5.24. The third-order valence-corrected chi connectivity index (χ3v) is 7.15. The monoisotopic (exact) mass is 480 g/mol. The molecule has 1 aliphatic carbocycles. The number of carbonyl (C=O) groups is 3. The van der Waals surface area contributed by atoms with Crippen LogP contribution < -0.4 is 5.32 Å². The Bertz CT molecular complexity index is 1060. The summed E-state index contributed by atoms with van der Waals surface area (Å²) in [7, 11) is 1.47. The number of carboxylic acids is 1. The largest absolute Gasteiger partial charge is 0.481 e. The summed E-state index contributed by atoms with van der Waals surface area (Å²) < 4.78 is 11.0. The SMILES string of the molecule is CCC(COC)(NC(=O)OCC1c2ccccc2-c2ccccc21)C(=O)N1CCC[C@@H](C(=O)O)C1. The summed E-state index contributed by atoms with van der Waals surface area (Å²) in [5.41, 5.74) is 3.13. The number of carbonyl (C=O) groups excluding carboxylic acids is 2. The molecule has 1 aliphatic heterocycles. The molecule has 2 atom stereocenters. The molecular formula is C27H32N2O6. The number of methoxy groups -OCH3 is 1. The van der Waals surface area contributed by atoms with Crippen molar-refractivity contribution in [1.82, 2.24) is 10.2 Å². The summed E-state index contributed by atoms with van der Waals surface area (Å²) in [6.07, 6.45) is 0.701. The number of aliphatic carboxylic acids is 1. The maximum atomic E-state index is 13.5. The van der Waals surface area contributed by atoms with Crippen LogP contribution in [0.15, 0.2) is 48.5 Å². The Morgan fingerprint density at radius 3 is 2.29 bits per heavy atom. The van der Waals surface area contributed by atoms with E-state index >= 15 is 0 Å². The highest BCUT2D eigenvalue weighted by atomic mass is 16.5. The van der Waals surface area contributed by atoms with E-state index < -0.39 is 23.5 Å². The maximum Gasteiger partial charge on any atom is 0.408 e. The van der Waals surface area contributed by atoms with Gasteiger partial charge in [0.15, 0.2) is 0 Å². The van der Waals surface area contributed by atoms with Crippen LogP contribution in [0.1, 0.15) is 43.2 Å². The number of likely N-dealkylation sites (tertiary alicyclic amines) is 1. The van der Waals surface area contributed by atoms with Crippen molar-refractivity contribution in [3.05, 3.63) is 59.7 Å². The van der Waals surface area contributed by atoms with Crippen molar-refractivity contribution in [3.63, 3.8) is 0 Å². The second-order valence-corrected chi connectivity index (χ2v) is 9.25. The molecule has 8 heteroatoms. The van der Waals surface area contributed by atoms with Gasteiger partial charge in [0.2, 0.25) is 0 Å². The van der Waals surface area contributed by atoms with E-state index in [0.29, 0.717) is 19.4 Å². The number of carboxylic acid groups (broad SMARTS) is 1. The van der Waals surface area contributed by atoms with E-state index in [1.54, 1.807) is 6.92 Å². The van der Waals surface area contributed by atoms with Gasteiger partial charge in [0.1, 0.15) is 12.1 Å². The lowest BCUT2D eigenvalue weighted by atomic mass is 9.91. The number of ether oxygens (including phenoxy) is 2. The Morgan fingerprint density at radius 2 is 1.71 bits per heavy atom. The minimum absolute atomic E-state index is 0.0409. The fourth-order valence-electron chi connectivity index (χ4n) is 5.24. The van der Waals surface area contributed by atoms with Crippen LogP contribution in [0, 0.1) is 5.92 Å². The first-order chi connectivity index (χ1) is 16.9. The Labute approximate surface area is 205 Å². The summed E-state index contributed by atoms with van der Waals surface area (Å²) in [6, 6.07) is 16.1. The van der Waals surface area contributed by atoms with Crippen LogP contribution in [-0.4, -0.2) is 66.9 Å². The van der Waals surface area contributed by atoms with Gasteiger partial charge >= 0.3 is 12.1 Å². The van der Waals surface area contributed by atoms with Crippen molar-refractivity contribution in [2.24, 2.45) is 5.92 Å². The van der Waals surface area contributed by atoms with Crippen molar-refractivity contribution < 1.29 is 29.0 Å². The van der Waals surface area contributed by atoms with Crippen LogP contribution in [-0.2, 0) is 19.1 Å². The molecule has 1 heterocycles. The number of alkyl carbamates (subject to hydrolysis) is 1. The Balaban J connectivity index is 1.48. The molecule has 186 valence electrons. The zero-order valence-electron chi connectivity index (χ0n) is 20.2. The quantitative estimate of drug-likeness (QED) is 0.598. The first-order valence-electron chi connectivity index (χ1n) is 12.0. The van der Waals surface area contributed by atoms with Gasteiger partial charge in [-0.2, -0.15) is 0 Å². The van der Waals surface area contributed by atoms with Gasteiger partial charge in [-0.05, 0) is 41.5 Å². The van der Waals surface area contributed by atoms with E-state index in [-0.39, 0.29) is 38.0 Å². The first kappa shape index (κ1) is 24.7. The molecule has 0 aromatic heterocycles. The molecule has 1 saturated heterocycles. The number of nitrogens with zero attached hydrogens (tertiary/aromatic N) is 1. The number of benzene rings is 2. The lowest BCUT2D eigenvalue weighted by Gasteiger charge is -2.39. The average Bonchev–Trinajstić information content (AvgIpc) is 3.20. The second kappa shape index (κ2) is 10.5. The molecule has 35 heavy (non-hydrogen) atoms. The van der Waals surface area contributed by atoms with E-state index in [9.17, 15) is 19.5 Å². The molecule has 2 amide bonds. The summed E-state index contributed by atoms with van der Waals surface area (Å²) in [5, 5.41) is 12.2. The molecule has 1 fully saturated rings. The molecule has 0 saturated carbocycles. The second-order valence-electron chi connectivity index (χ2n) is 9.25. The van der Waals surface area contributed by atoms with Crippen molar-refractivity contribution in [2.75, 3.05) is 33.4 Å². The van der Waals surface area contributed by atoms with Crippen molar-refractivity contribution in [3.8, 4) is 11.1 Å². The van der Waals surface area contributed by atoms with Gasteiger partial charge in [-0.1, -0.05) is 55.5 Å². The molecule has 1 unspecified atom stereocenters. The lowest BCUT2D eigenvalue weighted by Crippen LogP contribution is -2.63. The van der Waals surface area contributed by atoms with Crippen LogP contribution in [0.2, 0.25) is 0 Å². The van der Waals surface area contributed by atoms with Crippen LogP contribution in [0.4, 0.5) is 4.79 Å². The highest BCUT2D eigenvalue weighted by Crippen LogP contribution is 2.44. The van der Waals surface area contributed by atoms with Gasteiger partial charge in [-0.3, -0.25) is 9.59 Å². The summed E-state index contributed by atoms with van der Waals surface area (Å²) in [5.74, 6) is -1.97. The smallest absolute Gasteiger partial charge is 0.408 e. The molecule has 2 aliphatic rings. The van der Waals surface area contributed by atoms with Crippen LogP contribution in [0.25, 0.3) is 11.1 Å². The molecule has 4 rings (SSSR count). The predicted molar refractivity (Wildman–Crippen MR) is 130 cm³/mol. The standard InChI is InChI=1S/C27H32N2O6/c1-3-27(17-34-2,25(32)29-14-8-9-18(15-29)24(30)31)28-26(33)35-16-23-21-12-6-4-10-19(21)20-11-5-7-13-22(20)23/h4-7,10-13,18,23H,3,8-9,14-17H2,1-2H3,(H,28,33)(H,30,31)/t18-,27?/m1/s1. The number of hydrogen-bond donors (Lipinski definition) is 2. The van der Waals surface area contributed by atoms with Gasteiger partial charge in [-0.15, -0.1) is 0 Å². The van der Waals surface area contributed by atoms with Gasteiger partial charge in [0.25, 0.3) is 5.91 Å². The molecule has 2 aromatic rings. The molecule has 2 aromatic carbocycles. The topological polar surface area (TPSA) is 105 Å². The van der Waals surface area contributed by atoms with Crippen LogP contribution in [0.5, 0.6) is 0 Å². The van der Waals surface area contributed by atoms with Crippen molar-refractivity contribution >= 4 is 18.0 Å². The Kier molecular flexibility index (Phi) is 7.40. The highest BCUT2D eigenvalue weighted by molar-refractivity contribution is 5.90. The van der Waals surface area contributed by atoms with Crippen molar-refractivity contribution in [1.29, 1.82) is 0 Å². The molecule has 0 bridgehead atoms. The molecule has 0 spiro atoms. The minimum Gasteiger partial charge on any atom is -0.481 e. The molecule has 0 radical (unpaired) electrons.